The minimum atomic E-state index is 0.903. The van der Waals surface area contributed by atoms with Crippen molar-refractivity contribution >= 4 is 0 Å². The van der Waals surface area contributed by atoms with Gasteiger partial charge in [0.25, 0.3) is 0 Å². The molecule has 14 heavy (non-hydrogen) atoms. The molecule has 0 radical (unpaired) electrons. The molecule has 0 aromatic carbocycles. The average Bonchev–Trinajstić information content (AvgIpc) is 2.48. The Kier molecular flexibility index (Phi) is 4.71. The molecule has 0 fully saturated rings. The van der Waals surface area contributed by atoms with Crippen LogP contribution in [0.3, 0.4) is 0 Å². The first-order valence-electron chi connectivity index (χ1n) is 6.37. The minimum Gasteiger partial charge on any atom is -0.0710 e. The van der Waals surface area contributed by atoms with Crippen molar-refractivity contribution in [3.8, 4) is 0 Å². The summed E-state index contributed by atoms with van der Waals surface area (Å²) in [6.07, 6.45) is 8.26. The molecule has 0 nitrogen and oxygen atoms in total. The maximum absolute atomic E-state index is 2.41. The van der Waals surface area contributed by atoms with E-state index in [0.29, 0.717) is 0 Å². The summed E-state index contributed by atoms with van der Waals surface area (Å²) in [6, 6.07) is 0. The van der Waals surface area contributed by atoms with Gasteiger partial charge in [0.15, 0.2) is 0 Å². The molecule has 1 aliphatic carbocycles. The van der Waals surface area contributed by atoms with E-state index >= 15 is 0 Å². The van der Waals surface area contributed by atoms with Crippen molar-refractivity contribution in [3.05, 3.63) is 11.1 Å². The maximum atomic E-state index is 2.41. The average molecular weight is 194 g/mol. The Morgan fingerprint density at radius 1 is 1.36 bits per heavy atom. The van der Waals surface area contributed by atoms with Crippen LogP contribution in [0.2, 0.25) is 0 Å². The first-order valence-corrected chi connectivity index (χ1v) is 6.37. The molecule has 0 bridgehead atoms. The summed E-state index contributed by atoms with van der Waals surface area (Å²) in [6.45, 7) is 9.39. The first-order chi connectivity index (χ1) is 6.69. The third kappa shape index (κ3) is 2.87. The lowest BCUT2D eigenvalue weighted by Crippen LogP contribution is -1.97. The molecule has 0 aromatic rings. The molecule has 0 spiro atoms. The van der Waals surface area contributed by atoms with Crippen LogP contribution in [-0.2, 0) is 0 Å². The predicted octanol–water partition coefficient (Wildman–Crippen LogP) is 4.95. The van der Waals surface area contributed by atoms with Crippen molar-refractivity contribution in [2.24, 2.45) is 11.8 Å². The highest BCUT2D eigenvalue weighted by atomic mass is 14.3. The summed E-state index contributed by atoms with van der Waals surface area (Å²) in [4.78, 5) is 0. The standard InChI is InChI=1S/C14H26/c1-5-7-11(3)10-14-9-8-13(6-2)12(14)4/h11,13H,5-10H2,1-4H3. The van der Waals surface area contributed by atoms with Crippen LogP contribution in [0.1, 0.15) is 66.2 Å². The van der Waals surface area contributed by atoms with Gasteiger partial charge in [0.2, 0.25) is 0 Å². The number of hydrogen-bond donors (Lipinski definition) is 0. The molecule has 0 aliphatic heterocycles. The van der Waals surface area contributed by atoms with Gasteiger partial charge >= 0.3 is 0 Å². The summed E-state index contributed by atoms with van der Waals surface area (Å²) in [5.41, 5.74) is 3.52. The normalized spacial score (nSPS) is 24.4. The van der Waals surface area contributed by atoms with Gasteiger partial charge in [0.05, 0.1) is 0 Å². The fraction of sp³-hybridized carbons (Fsp3) is 0.857. The van der Waals surface area contributed by atoms with Crippen LogP contribution in [0.15, 0.2) is 11.1 Å². The van der Waals surface area contributed by atoms with Gasteiger partial charge in [-0.25, -0.2) is 0 Å². The van der Waals surface area contributed by atoms with Gasteiger partial charge in [0, 0.05) is 0 Å². The van der Waals surface area contributed by atoms with Crippen molar-refractivity contribution in [1.82, 2.24) is 0 Å². The third-order valence-electron chi connectivity index (χ3n) is 3.83. The fourth-order valence-electron chi connectivity index (χ4n) is 2.84. The van der Waals surface area contributed by atoms with E-state index in [1.807, 2.05) is 0 Å². The molecule has 0 heteroatoms. The lowest BCUT2D eigenvalue weighted by atomic mass is 9.94. The van der Waals surface area contributed by atoms with E-state index < -0.39 is 0 Å². The van der Waals surface area contributed by atoms with Crippen molar-refractivity contribution in [3.63, 3.8) is 0 Å². The number of allylic oxidation sites excluding steroid dienone is 2. The van der Waals surface area contributed by atoms with Gasteiger partial charge in [-0.3, -0.25) is 0 Å². The molecule has 0 saturated carbocycles. The molecular formula is C14H26. The minimum absolute atomic E-state index is 0.903. The first kappa shape index (κ1) is 11.8. The second kappa shape index (κ2) is 5.58. The Morgan fingerprint density at radius 2 is 2.07 bits per heavy atom. The predicted molar refractivity (Wildman–Crippen MR) is 64.4 cm³/mol. The quantitative estimate of drug-likeness (QED) is 0.543. The largest absolute Gasteiger partial charge is 0.0710 e. The molecule has 0 saturated heterocycles. The van der Waals surface area contributed by atoms with Gasteiger partial charge in [-0.2, -0.15) is 0 Å². The molecular weight excluding hydrogens is 168 g/mol. The van der Waals surface area contributed by atoms with Gasteiger partial charge < -0.3 is 0 Å². The highest BCUT2D eigenvalue weighted by Gasteiger charge is 2.21. The zero-order chi connectivity index (χ0) is 10.6. The summed E-state index contributed by atoms with van der Waals surface area (Å²) in [5.74, 6) is 1.82. The molecule has 0 amide bonds. The van der Waals surface area contributed by atoms with Crippen LogP contribution < -0.4 is 0 Å². The molecule has 0 aromatic heterocycles. The van der Waals surface area contributed by atoms with Crippen LogP contribution in [-0.4, -0.2) is 0 Å². The van der Waals surface area contributed by atoms with Gasteiger partial charge in [-0.05, 0) is 44.4 Å². The molecule has 82 valence electrons. The third-order valence-corrected chi connectivity index (χ3v) is 3.83. The molecule has 1 rings (SSSR count). The van der Waals surface area contributed by atoms with E-state index in [1.54, 1.807) is 11.1 Å². The number of hydrogen-bond acceptors (Lipinski definition) is 0. The molecule has 2 atom stereocenters. The van der Waals surface area contributed by atoms with Crippen molar-refractivity contribution in [2.75, 3.05) is 0 Å². The molecule has 0 N–H and O–H groups in total. The van der Waals surface area contributed by atoms with Crippen LogP contribution in [0, 0.1) is 11.8 Å². The van der Waals surface area contributed by atoms with Gasteiger partial charge in [-0.1, -0.05) is 44.8 Å². The topological polar surface area (TPSA) is 0 Å². The Hall–Kier alpha value is -0.260. The van der Waals surface area contributed by atoms with Crippen LogP contribution in [0.5, 0.6) is 0 Å². The Morgan fingerprint density at radius 3 is 2.57 bits per heavy atom. The lowest BCUT2D eigenvalue weighted by molar-refractivity contribution is 0.514. The second-order valence-corrected chi connectivity index (χ2v) is 5.03. The fourth-order valence-corrected chi connectivity index (χ4v) is 2.84. The maximum Gasteiger partial charge on any atom is -0.0203 e. The van der Waals surface area contributed by atoms with Crippen LogP contribution >= 0.6 is 0 Å². The summed E-state index contributed by atoms with van der Waals surface area (Å²) in [5, 5.41) is 0. The number of rotatable bonds is 5. The van der Waals surface area contributed by atoms with Crippen molar-refractivity contribution in [2.45, 2.75) is 66.2 Å². The molecule has 1 aliphatic rings. The van der Waals surface area contributed by atoms with Gasteiger partial charge in [0.1, 0.15) is 0 Å². The van der Waals surface area contributed by atoms with Gasteiger partial charge in [-0.15, -0.1) is 0 Å². The van der Waals surface area contributed by atoms with Crippen molar-refractivity contribution < 1.29 is 0 Å². The highest BCUT2D eigenvalue weighted by molar-refractivity contribution is 5.21. The highest BCUT2D eigenvalue weighted by Crippen LogP contribution is 2.37. The van der Waals surface area contributed by atoms with Crippen LogP contribution in [0.4, 0.5) is 0 Å². The monoisotopic (exact) mass is 194 g/mol. The second-order valence-electron chi connectivity index (χ2n) is 5.03. The van der Waals surface area contributed by atoms with E-state index in [2.05, 4.69) is 27.7 Å². The zero-order valence-corrected chi connectivity index (χ0v) is 10.4. The summed E-state index contributed by atoms with van der Waals surface area (Å²) in [7, 11) is 0. The van der Waals surface area contributed by atoms with E-state index in [4.69, 9.17) is 0 Å². The van der Waals surface area contributed by atoms with E-state index in [9.17, 15) is 0 Å². The Balaban J connectivity index is 2.48. The van der Waals surface area contributed by atoms with E-state index in [0.717, 1.165) is 11.8 Å². The Bertz CT molecular complexity index is 200. The summed E-state index contributed by atoms with van der Waals surface area (Å²) >= 11 is 0. The molecule has 2 unspecified atom stereocenters. The van der Waals surface area contributed by atoms with E-state index in [-0.39, 0.29) is 0 Å². The summed E-state index contributed by atoms with van der Waals surface area (Å²) < 4.78 is 0. The Labute approximate surface area is 89.8 Å². The van der Waals surface area contributed by atoms with Crippen molar-refractivity contribution in [1.29, 1.82) is 0 Å². The lowest BCUT2D eigenvalue weighted by Gasteiger charge is -2.12. The van der Waals surface area contributed by atoms with Crippen LogP contribution in [0.25, 0.3) is 0 Å². The van der Waals surface area contributed by atoms with E-state index in [1.165, 1.54) is 38.5 Å². The zero-order valence-electron chi connectivity index (χ0n) is 10.4. The molecule has 0 heterocycles. The SMILES string of the molecule is CCCC(C)CC1=C(C)C(CC)CC1. The smallest absolute Gasteiger partial charge is 0.0203 e.